The van der Waals surface area contributed by atoms with Crippen molar-refractivity contribution in [3.63, 3.8) is 0 Å². The van der Waals surface area contributed by atoms with Crippen LogP contribution in [-0.4, -0.2) is 5.78 Å². The highest BCUT2D eigenvalue weighted by atomic mass is 16.1. The molecule has 0 aliphatic heterocycles. The van der Waals surface area contributed by atoms with Gasteiger partial charge in [0.1, 0.15) is 5.78 Å². The molecule has 0 unspecified atom stereocenters. The van der Waals surface area contributed by atoms with Crippen molar-refractivity contribution in [2.75, 3.05) is 0 Å². The minimum absolute atomic E-state index is 0.501. The van der Waals surface area contributed by atoms with Crippen LogP contribution in [0.2, 0.25) is 0 Å². The van der Waals surface area contributed by atoms with Gasteiger partial charge in [0, 0.05) is 12.8 Å². The zero-order chi connectivity index (χ0) is 8.10. The van der Waals surface area contributed by atoms with E-state index in [0.29, 0.717) is 5.78 Å². The van der Waals surface area contributed by atoms with E-state index in [2.05, 4.69) is 6.92 Å². The lowest BCUT2D eigenvalue weighted by Gasteiger charge is -2.10. The first-order chi connectivity index (χ1) is 5.33. The number of hydrogen-bond donors (Lipinski definition) is 0. The molecular weight excluding hydrogens is 136 g/mol. The highest BCUT2D eigenvalue weighted by Crippen LogP contribution is 2.24. The fraction of sp³-hybridized carbons (Fsp3) is 0.900. The van der Waals surface area contributed by atoms with Gasteiger partial charge in [-0.25, -0.2) is 0 Å². The molecule has 0 aromatic rings. The molecule has 1 atom stereocenters. The largest absolute Gasteiger partial charge is 0.300 e. The van der Waals surface area contributed by atoms with Gasteiger partial charge in [0.2, 0.25) is 0 Å². The maximum atomic E-state index is 11.2. The van der Waals surface area contributed by atoms with E-state index >= 15 is 0 Å². The maximum Gasteiger partial charge on any atom is 0.133 e. The van der Waals surface area contributed by atoms with Gasteiger partial charge in [-0.15, -0.1) is 0 Å². The lowest BCUT2D eigenvalue weighted by Crippen LogP contribution is -2.04. The number of rotatable bonds is 2. The molecule has 64 valence electrons. The van der Waals surface area contributed by atoms with E-state index in [1.165, 1.54) is 25.7 Å². The standard InChI is InChI=1S/C10H18O/c1-2-5-9-6-3-4-7-10(11)8-9/h9H,2-8H2,1H3/t9-/m0/s1. The van der Waals surface area contributed by atoms with Gasteiger partial charge in [-0.05, 0) is 12.3 Å². The summed E-state index contributed by atoms with van der Waals surface area (Å²) in [7, 11) is 0. The minimum atomic E-state index is 0.501. The van der Waals surface area contributed by atoms with Crippen molar-refractivity contribution < 1.29 is 4.79 Å². The Morgan fingerprint density at radius 2 is 2.27 bits per heavy atom. The summed E-state index contributed by atoms with van der Waals surface area (Å²) >= 11 is 0. The molecule has 1 nitrogen and oxygen atoms in total. The Kier molecular flexibility index (Phi) is 3.61. The predicted octanol–water partition coefficient (Wildman–Crippen LogP) is 2.94. The Labute approximate surface area is 69.2 Å². The Balaban J connectivity index is 2.33. The smallest absolute Gasteiger partial charge is 0.133 e. The molecule has 0 aromatic carbocycles. The third kappa shape index (κ3) is 3.04. The topological polar surface area (TPSA) is 17.1 Å². The normalized spacial score (nSPS) is 26.6. The summed E-state index contributed by atoms with van der Waals surface area (Å²) in [5, 5.41) is 0. The summed E-state index contributed by atoms with van der Waals surface area (Å²) in [5.41, 5.74) is 0. The summed E-state index contributed by atoms with van der Waals surface area (Å²) in [5.74, 6) is 1.22. The zero-order valence-electron chi connectivity index (χ0n) is 7.44. The fourth-order valence-electron chi connectivity index (χ4n) is 1.94. The molecule has 1 aliphatic rings. The van der Waals surface area contributed by atoms with Gasteiger partial charge in [0.05, 0.1) is 0 Å². The third-order valence-corrected chi connectivity index (χ3v) is 2.53. The molecule has 1 fully saturated rings. The second-order valence-electron chi connectivity index (χ2n) is 3.64. The molecule has 1 aliphatic carbocycles. The van der Waals surface area contributed by atoms with E-state index in [0.717, 1.165) is 25.2 Å². The number of ketones is 1. The number of carbonyl (C=O) groups is 1. The monoisotopic (exact) mass is 154 g/mol. The first-order valence-electron chi connectivity index (χ1n) is 4.84. The third-order valence-electron chi connectivity index (χ3n) is 2.53. The van der Waals surface area contributed by atoms with Crippen molar-refractivity contribution in [1.29, 1.82) is 0 Å². The molecule has 1 saturated carbocycles. The lowest BCUT2D eigenvalue weighted by atomic mass is 9.95. The highest BCUT2D eigenvalue weighted by Gasteiger charge is 2.16. The Morgan fingerprint density at radius 3 is 3.00 bits per heavy atom. The van der Waals surface area contributed by atoms with Gasteiger partial charge in [-0.1, -0.05) is 32.6 Å². The Morgan fingerprint density at radius 1 is 1.45 bits per heavy atom. The van der Waals surface area contributed by atoms with Crippen LogP contribution in [0.25, 0.3) is 0 Å². The Hall–Kier alpha value is -0.330. The van der Waals surface area contributed by atoms with Crippen LogP contribution >= 0.6 is 0 Å². The van der Waals surface area contributed by atoms with Crippen LogP contribution < -0.4 is 0 Å². The average Bonchev–Trinajstić information content (AvgIpc) is 2.15. The van der Waals surface area contributed by atoms with Gasteiger partial charge < -0.3 is 0 Å². The molecule has 0 N–H and O–H groups in total. The van der Waals surface area contributed by atoms with Gasteiger partial charge in [-0.3, -0.25) is 4.79 Å². The number of carbonyl (C=O) groups excluding carboxylic acids is 1. The van der Waals surface area contributed by atoms with E-state index in [9.17, 15) is 4.79 Å². The number of hydrogen-bond acceptors (Lipinski definition) is 1. The van der Waals surface area contributed by atoms with Crippen LogP contribution in [0.1, 0.15) is 51.9 Å². The molecule has 0 bridgehead atoms. The molecule has 0 radical (unpaired) electrons. The number of Topliss-reactive ketones (excluding diaryl/α,β-unsaturated/α-hetero) is 1. The molecule has 11 heavy (non-hydrogen) atoms. The van der Waals surface area contributed by atoms with Crippen LogP contribution in [0.3, 0.4) is 0 Å². The summed E-state index contributed by atoms with van der Waals surface area (Å²) in [6.45, 7) is 2.20. The zero-order valence-corrected chi connectivity index (χ0v) is 7.44. The molecule has 0 aromatic heterocycles. The van der Waals surface area contributed by atoms with Gasteiger partial charge in [-0.2, -0.15) is 0 Å². The minimum Gasteiger partial charge on any atom is -0.300 e. The van der Waals surface area contributed by atoms with Crippen molar-refractivity contribution >= 4 is 5.78 Å². The predicted molar refractivity (Wildman–Crippen MR) is 46.5 cm³/mol. The molecule has 1 rings (SSSR count). The summed E-state index contributed by atoms with van der Waals surface area (Å²) in [6, 6.07) is 0. The van der Waals surface area contributed by atoms with Crippen LogP contribution in [0.4, 0.5) is 0 Å². The first kappa shape index (κ1) is 8.76. The van der Waals surface area contributed by atoms with Gasteiger partial charge >= 0.3 is 0 Å². The van der Waals surface area contributed by atoms with Crippen molar-refractivity contribution in [2.45, 2.75) is 51.9 Å². The van der Waals surface area contributed by atoms with Crippen LogP contribution in [0.5, 0.6) is 0 Å². The summed E-state index contributed by atoms with van der Waals surface area (Å²) < 4.78 is 0. The molecule has 0 saturated heterocycles. The van der Waals surface area contributed by atoms with E-state index in [1.54, 1.807) is 0 Å². The molecule has 1 heteroatoms. The average molecular weight is 154 g/mol. The van der Waals surface area contributed by atoms with Crippen molar-refractivity contribution in [3.8, 4) is 0 Å². The molecule has 0 amide bonds. The van der Waals surface area contributed by atoms with E-state index in [4.69, 9.17) is 0 Å². The van der Waals surface area contributed by atoms with Gasteiger partial charge in [0.15, 0.2) is 0 Å². The summed E-state index contributed by atoms with van der Waals surface area (Å²) in [6.07, 6.45) is 7.91. The molecule has 0 spiro atoms. The van der Waals surface area contributed by atoms with Crippen molar-refractivity contribution in [2.24, 2.45) is 5.92 Å². The van der Waals surface area contributed by atoms with Gasteiger partial charge in [0.25, 0.3) is 0 Å². The molecule has 0 heterocycles. The van der Waals surface area contributed by atoms with Crippen molar-refractivity contribution in [1.82, 2.24) is 0 Å². The summed E-state index contributed by atoms with van der Waals surface area (Å²) in [4.78, 5) is 11.2. The Bertz CT molecular complexity index is 129. The fourth-order valence-corrected chi connectivity index (χ4v) is 1.94. The second kappa shape index (κ2) is 4.53. The van der Waals surface area contributed by atoms with E-state index in [-0.39, 0.29) is 0 Å². The van der Waals surface area contributed by atoms with E-state index < -0.39 is 0 Å². The first-order valence-corrected chi connectivity index (χ1v) is 4.84. The maximum absolute atomic E-state index is 11.2. The quantitative estimate of drug-likeness (QED) is 0.559. The second-order valence-corrected chi connectivity index (χ2v) is 3.64. The lowest BCUT2D eigenvalue weighted by molar-refractivity contribution is -0.119. The van der Waals surface area contributed by atoms with Crippen LogP contribution in [-0.2, 0) is 4.79 Å². The highest BCUT2D eigenvalue weighted by molar-refractivity contribution is 5.78. The van der Waals surface area contributed by atoms with E-state index in [1.807, 2.05) is 0 Å². The van der Waals surface area contributed by atoms with Crippen molar-refractivity contribution in [3.05, 3.63) is 0 Å². The molecular formula is C10H18O. The van der Waals surface area contributed by atoms with Crippen LogP contribution in [0.15, 0.2) is 0 Å². The van der Waals surface area contributed by atoms with Crippen LogP contribution in [0, 0.1) is 5.92 Å². The SMILES string of the molecule is CCC[C@H]1CCCCC(=O)C1.